The fraction of sp³-hybridized carbons (Fsp3) is 0.480. The first-order chi connectivity index (χ1) is 16.3. The van der Waals surface area contributed by atoms with E-state index < -0.39 is 25.6 Å². The lowest BCUT2D eigenvalue weighted by Crippen LogP contribution is -2.50. The molecule has 10 heteroatoms. The van der Waals surface area contributed by atoms with Crippen molar-refractivity contribution < 1.29 is 21.6 Å². The third kappa shape index (κ3) is 4.41. The van der Waals surface area contributed by atoms with Crippen LogP contribution in [-0.2, 0) is 36.9 Å². The Morgan fingerprint density at radius 2 is 1.66 bits per heavy atom. The molecule has 0 saturated carbocycles. The number of rotatable bonds is 5. The average molecular weight is 520 g/mol. The molecule has 1 fully saturated rings. The molecule has 35 heavy (non-hydrogen) atoms. The molecule has 0 N–H and O–H groups in total. The van der Waals surface area contributed by atoms with E-state index in [0.29, 0.717) is 29.1 Å². The van der Waals surface area contributed by atoms with E-state index in [1.165, 1.54) is 15.5 Å². The van der Waals surface area contributed by atoms with Gasteiger partial charge in [-0.3, -0.25) is 4.79 Å². The van der Waals surface area contributed by atoms with Crippen molar-refractivity contribution in [1.29, 1.82) is 0 Å². The molecule has 190 valence electrons. The van der Waals surface area contributed by atoms with Crippen LogP contribution >= 0.6 is 0 Å². The van der Waals surface area contributed by atoms with Crippen LogP contribution in [0.25, 0.3) is 0 Å². The lowest BCUT2D eigenvalue weighted by Gasteiger charge is -2.34. The lowest BCUT2D eigenvalue weighted by molar-refractivity contribution is -0.129. The molecule has 0 spiro atoms. The summed E-state index contributed by atoms with van der Waals surface area (Å²) in [6.07, 6.45) is 0. The smallest absolute Gasteiger partial charge is 0.244 e. The average Bonchev–Trinajstić information content (AvgIpc) is 2.96. The fourth-order valence-corrected chi connectivity index (χ4v) is 8.88. The van der Waals surface area contributed by atoms with E-state index in [4.69, 9.17) is 0 Å². The molecule has 0 bridgehead atoms. The standard InChI is InChI=1S/C25H33N3O5S2/c1-18(2)21-11-10-20(16-24(21)34(30,31)27-14-12-26(13-15-27)19(3)29)17-28-25(4,5)22-8-6-7-9-23(22)35(28,32)33/h6-11,16,18H,12-15,17H2,1-5H3. The van der Waals surface area contributed by atoms with E-state index in [-0.39, 0.29) is 36.4 Å². The fourth-order valence-electron chi connectivity index (χ4n) is 4.96. The Hall–Kier alpha value is -2.27. The van der Waals surface area contributed by atoms with Gasteiger partial charge in [0, 0.05) is 39.6 Å². The summed E-state index contributed by atoms with van der Waals surface area (Å²) in [5, 5.41) is 0. The molecule has 1 saturated heterocycles. The highest BCUT2D eigenvalue weighted by atomic mass is 32.2. The molecule has 0 aliphatic carbocycles. The Morgan fingerprint density at radius 3 is 2.23 bits per heavy atom. The SMILES string of the molecule is CC(=O)N1CCN(S(=O)(=O)c2cc(CN3C(C)(C)c4ccccc4S3(=O)=O)ccc2C(C)C)CC1. The second-order valence-electron chi connectivity index (χ2n) is 10.0. The van der Waals surface area contributed by atoms with Crippen LogP contribution in [0, 0.1) is 0 Å². The van der Waals surface area contributed by atoms with Gasteiger partial charge < -0.3 is 4.90 Å². The van der Waals surface area contributed by atoms with Gasteiger partial charge in [0.1, 0.15) is 0 Å². The molecule has 2 heterocycles. The topological polar surface area (TPSA) is 95.1 Å². The Labute approximate surface area is 208 Å². The number of carbonyl (C=O) groups excluding carboxylic acids is 1. The molecule has 0 aromatic heterocycles. The summed E-state index contributed by atoms with van der Waals surface area (Å²) in [4.78, 5) is 13.8. The van der Waals surface area contributed by atoms with Crippen LogP contribution in [0.4, 0.5) is 0 Å². The summed E-state index contributed by atoms with van der Waals surface area (Å²) in [7, 11) is -7.55. The largest absolute Gasteiger partial charge is 0.340 e. The number of hydrogen-bond donors (Lipinski definition) is 0. The number of carbonyl (C=O) groups is 1. The van der Waals surface area contributed by atoms with Gasteiger partial charge in [0.25, 0.3) is 0 Å². The summed E-state index contributed by atoms with van der Waals surface area (Å²) in [5.41, 5.74) is 1.26. The molecule has 4 rings (SSSR count). The molecule has 1 amide bonds. The minimum absolute atomic E-state index is 0.0384. The van der Waals surface area contributed by atoms with E-state index in [1.807, 2.05) is 45.9 Å². The van der Waals surface area contributed by atoms with Crippen molar-refractivity contribution >= 4 is 26.0 Å². The number of sulfonamides is 2. The molecular weight excluding hydrogens is 486 g/mol. The highest BCUT2D eigenvalue weighted by Crippen LogP contribution is 2.44. The first kappa shape index (κ1) is 25.8. The third-order valence-electron chi connectivity index (χ3n) is 7.07. The van der Waals surface area contributed by atoms with Crippen molar-refractivity contribution in [3.63, 3.8) is 0 Å². The van der Waals surface area contributed by atoms with Gasteiger partial charge in [-0.15, -0.1) is 0 Å². The van der Waals surface area contributed by atoms with E-state index in [2.05, 4.69) is 0 Å². The summed E-state index contributed by atoms with van der Waals surface area (Å²) in [5.74, 6) is -0.106. The maximum atomic E-state index is 13.7. The number of benzene rings is 2. The molecular formula is C25H33N3O5S2. The van der Waals surface area contributed by atoms with Gasteiger partial charge in [0.15, 0.2) is 0 Å². The third-order valence-corrected chi connectivity index (χ3v) is 11.1. The molecule has 8 nitrogen and oxygen atoms in total. The van der Waals surface area contributed by atoms with Crippen molar-refractivity contribution in [3.8, 4) is 0 Å². The van der Waals surface area contributed by atoms with Crippen molar-refractivity contribution in [1.82, 2.24) is 13.5 Å². The van der Waals surface area contributed by atoms with Gasteiger partial charge in [0.2, 0.25) is 26.0 Å². The van der Waals surface area contributed by atoms with E-state index in [1.54, 1.807) is 29.2 Å². The van der Waals surface area contributed by atoms with Gasteiger partial charge in [-0.1, -0.05) is 44.2 Å². The van der Waals surface area contributed by atoms with Gasteiger partial charge in [-0.05, 0) is 48.6 Å². The zero-order chi connectivity index (χ0) is 25.8. The Kier molecular flexibility index (Phi) is 6.63. The zero-order valence-electron chi connectivity index (χ0n) is 20.9. The van der Waals surface area contributed by atoms with Crippen LogP contribution in [-0.4, -0.2) is 62.4 Å². The molecule has 2 aromatic carbocycles. The van der Waals surface area contributed by atoms with Crippen LogP contribution in [0.5, 0.6) is 0 Å². The first-order valence-corrected chi connectivity index (χ1v) is 14.7. The normalized spacial score (nSPS) is 20.2. The minimum atomic E-state index is -3.83. The molecule has 2 aliphatic rings. The number of hydrogen-bond acceptors (Lipinski definition) is 5. The van der Waals surface area contributed by atoms with Crippen LogP contribution in [0.3, 0.4) is 0 Å². The lowest BCUT2D eigenvalue weighted by atomic mass is 9.94. The van der Waals surface area contributed by atoms with Gasteiger partial charge in [0.05, 0.1) is 15.3 Å². The Balaban J connectivity index is 1.70. The summed E-state index contributed by atoms with van der Waals surface area (Å²) in [6, 6.07) is 12.2. The maximum absolute atomic E-state index is 13.7. The summed E-state index contributed by atoms with van der Waals surface area (Å²) >= 11 is 0. The van der Waals surface area contributed by atoms with Gasteiger partial charge >= 0.3 is 0 Å². The van der Waals surface area contributed by atoms with E-state index >= 15 is 0 Å². The minimum Gasteiger partial charge on any atom is -0.340 e. The van der Waals surface area contributed by atoms with Crippen molar-refractivity contribution in [2.24, 2.45) is 0 Å². The highest BCUT2D eigenvalue weighted by Gasteiger charge is 2.48. The Morgan fingerprint density at radius 1 is 1.03 bits per heavy atom. The van der Waals surface area contributed by atoms with Gasteiger partial charge in [-0.2, -0.15) is 8.61 Å². The highest BCUT2D eigenvalue weighted by molar-refractivity contribution is 7.89. The maximum Gasteiger partial charge on any atom is 0.244 e. The van der Waals surface area contributed by atoms with Crippen molar-refractivity contribution in [3.05, 3.63) is 59.2 Å². The first-order valence-electron chi connectivity index (χ1n) is 11.8. The van der Waals surface area contributed by atoms with Gasteiger partial charge in [-0.25, -0.2) is 16.8 Å². The second kappa shape index (κ2) is 8.99. The number of nitrogens with zero attached hydrogens (tertiary/aromatic N) is 3. The number of piperazine rings is 1. The quantitative estimate of drug-likeness (QED) is 0.605. The molecule has 2 aliphatic heterocycles. The van der Waals surface area contributed by atoms with Crippen LogP contribution in [0.2, 0.25) is 0 Å². The van der Waals surface area contributed by atoms with Crippen LogP contribution < -0.4 is 0 Å². The number of fused-ring (bicyclic) bond motifs is 1. The molecule has 0 unspecified atom stereocenters. The van der Waals surface area contributed by atoms with E-state index in [9.17, 15) is 21.6 Å². The predicted molar refractivity (Wildman–Crippen MR) is 134 cm³/mol. The molecule has 0 atom stereocenters. The van der Waals surface area contributed by atoms with Crippen molar-refractivity contribution in [2.45, 2.75) is 62.4 Å². The Bertz CT molecular complexity index is 1360. The zero-order valence-corrected chi connectivity index (χ0v) is 22.5. The number of amides is 1. The molecule has 0 radical (unpaired) electrons. The van der Waals surface area contributed by atoms with E-state index in [0.717, 1.165) is 5.56 Å². The summed E-state index contributed by atoms with van der Waals surface area (Å²) < 4.78 is 57.0. The second-order valence-corrected chi connectivity index (χ2v) is 13.7. The monoisotopic (exact) mass is 519 g/mol. The van der Waals surface area contributed by atoms with Crippen LogP contribution in [0.15, 0.2) is 52.3 Å². The van der Waals surface area contributed by atoms with Crippen molar-refractivity contribution in [2.75, 3.05) is 26.2 Å². The molecule has 2 aromatic rings. The van der Waals surface area contributed by atoms with Crippen LogP contribution in [0.1, 0.15) is 57.2 Å². The predicted octanol–water partition coefficient (Wildman–Crippen LogP) is 3.10. The summed E-state index contributed by atoms with van der Waals surface area (Å²) in [6.45, 7) is 10.3.